The second-order valence-electron chi connectivity index (χ2n) is 5.80. The molecule has 0 bridgehead atoms. The van der Waals surface area contributed by atoms with Crippen LogP contribution < -0.4 is 25.0 Å². The first-order valence-corrected chi connectivity index (χ1v) is 8.03. The summed E-state index contributed by atoms with van der Waals surface area (Å²) < 4.78 is 10.6. The number of hydrogen-bond acceptors (Lipinski definition) is 4. The van der Waals surface area contributed by atoms with Gasteiger partial charge in [-0.3, -0.25) is 9.69 Å². The lowest BCUT2D eigenvalue weighted by molar-refractivity contribution is 0.0951. The highest BCUT2D eigenvalue weighted by atomic mass is 16.7. The molecule has 2 aliphatic rings. The lowest BCUT2D eigenvalue weighted by atomic mass is 10.1. The standard InChI is InChI=1S/C18H17N3O4/c22-17(20-10-12-1-6-15-16(9-12)25-11-24-15)13-2-4-14(5-3-13)21-8-7-19-18(21)23/h1-6,9H,7-8,10-11H2,(H,19,23)(H,20,22). The highest BCUT2D eigenvalue weighted by molar-refractivity contribution is 5.97. The van der Waals surface area contributed by atoms with Gasteiger partial charge in [0.2, 0.25) is 6.79 Å². The van der Waals surface area contributed by atoms with Gasteiger partial charge in [0.15, 0.2) is 11.5 Å². The van der Waals surface area contributed by atoms with Crippen molar-refractivity contribution in [2.45, 2.75) is 6.54 Å². The number of ether oxygens (including phenoxy) is 2. The maximum Gasteiger partial charge on any atom is 0.321 e. The van der Waals surface area contributed by atoms with Crippen molar-refractivity contribution in [3.05, 3.63) is 53.6 Å². The van der Waals surface area contributed by atoms with Crippen LogP contribution in [0.25, 0.3) is 0 Å². The number of carbonyl (C=O) groups is 2. The van der Waals surface area contributed by atoms with E-state index in [1.54, 1.807) is 29.2 Å². The van der Waals surface area contributed by atoms with Gasteiger partial charge in [-0.15, -0.1) is 0 Å². The molecule has 1 saturated heterocycles. The van der Waals surface area contributed by atoms with E-state index >= 15 is 0 Å². The SMILES string of the molecule is O=C(NCc1ccc2c(c1)OCO2)c1ccc(N2CCNC2=O)cc1. The molecule has 7 heteroatoms. The molecule has 2 heterocycles. The summed E-state index contributed by atoms with van der Waals surface area (Å²) in [6.45, 7) is 1.89. The highest BCUT2D eigenvalue weighted by Crippen LogP contribution is 2.32. The van der Waals surface area contributed by atoms with Gasteiger partial charge < -0.3 is 20.1 Å². The maximum atomic E-state index is 12.3. The minimum Gasteiger partial charge on any atom is -0.454 e. The Bertz CT molecular complexity index is 820. The molecular formula is C18H17N3O4. The Morgan fingerprint density at radius 2 is 1.92 bits per heavy atom. The molecule has 1 fully saturated rings. The average molecular weight is 339 g/mol. The first-order valence-electron chi connectivity index (χ1n) is 8.03. The molecular weight excluding hydrogens is 322 g/mol. The molecule has 25 heavy (non-hydrogen) atoms. The van der Waals surface area contributed by atoms with Gasteiger partial charge in [-0.1, -0.05) is 6.07 Å². The van der Waals surface area contributed by atoms with Gasteiger partial charge >= 0.3 is 6.03 Å². The lowest BCUT2D eigenvalue weighted by Gasteiger charge is -2.14. The number of fused-ring (bicyclic) bond motifs is 1. The van der Waals surface area contributed by atoms with Gasteiger partial charge in [0.05, 0.1) is 0 Å². The van der Waals surface area contributed by atoms with Crippen molar-refractivity contribution in [3.63, 3.8) is 0 Å². The number of urea groups is 1. The molecule has 0 unspecified atom stereocenters. The van der Waals surface area contributed by atoms with Crippen LogP contribution in [0.5, 0.6) is 11.5 Å². The highest BCUT2D eigenvalue weighted by Gasteiger charge is 2.21. The normalized spacial score (nSPS) is 15.2. The molecule has 2 aliphatic heterocycles. The van der Waals surface area contributed by atoms with Crippen molar-refractivity contribution < 1.29 is 19.1 Å². The molecule has 4 rings (SSSR count). The first kappa shape index (κ1) is 15.3. The average Bonchev–Trinajstić information content (AvgIpc) is 3.28. The fraction of sp³-hybridized carbons (Fsp3) is 0.222. The van der Waals surface area contributed by atoms with Crippen molar-refractivity contribution in [2.24, 2.45) is 0 Å². The van der Waals surface area contributed by atoms with Crippen molar-refractivity contribution in [2.75, 3.05) is 24.8 Å². The Hall–Kier alpha value is -3.22. The Kier molecular flexibility index (Phi) is 3.89. The molecule has 2 aromatic rings. The van der Waals surface area contributed by atoms with Crippen molar-refractivity contribution in [3.8, 4) is 11.5 Å². The van der Waals surface area contributed by atoms with Crippen LogP contribution in [0.2, 0.25) is 0 Å². The van der Waals surface area contributed by atoms with E-state index in [0.29, 0.717) is 30.9 Å². The van der Waals surface area contributed by atoms with E-state index in [4.69, 9.17) is 9.47 Å². The quantitative estimate of drug-likeness (QED) is 0.891. The largest absolute Gasteiger partial charge is 0.454 e. The van der Waals surface area contributed by atoms with Gasteiger partial charge in [0, 0.05) is 30.9 Å². The third kappa shape index (κ3) is 3.08. The minimum absolute atomic E-state index is 0.111. The van der Waals surface area contributed by atoms with Crippen LogP contribution in [0.3, 0.4) is 0 Å². The first-order chi connectivity index (χ1) is 12.2. The van der Waals surface area contributed by atoms with Gasteiger partial charge in [0.1, 0.15) is 0 Å². The Morgan fingerprint density at radius 1 is 1.12 bits per heavy atom. The van der Waals surface area contributed by atoms with Crippen LogP contribution in [0.4, 0.5) is 10.5 Å². The second kappa shape index (κ2) is 6.35. The van der Waals surface area contributed by atoms with Gasteiger partial charge in [-0.2, -0.15) is 0 Å². The summed E-state index contributed by atoms with van der Waals surface area (Å²) in [7, 11) is 0. The number of benzene rings is 2. The topological polar surface area (TPSA) is 79.9 Å². The predicted molar refractivity (Wildman–Crippen MR) is 90.9 cm³/mol. The molecule has 0 aromatic heterocycles. The molecule has 0 aliphatic carbocycles. The van der Waals surface area contributed by atoms with Gasteiger partial charge in [0.25, 0.3) is 5.91 Å². The Balaban J connectivity index is 1.38. The van der Waals surface area contributed by atoms with Crippen molar-refractivity contribution in [1.82, 2.24) is 10.6 Å². The monoisotopic (exact) mass is 339 g/mol. The Morgan fingerprint density at radius 3 is 2.68 bits per heavy atom. The molecule has 0 atom stereocenters. The van der Waals surface area contributed by atoms with E-state index in [9.17, 15) is 9.59 Å². The predicted octanol–water partition coefficient (Wildman–Crippen LogP) is 1.87. The molecule has 3 amide bonds. The summed E-state index contributed by atoms with van der Waals surface area (Å²) in [5.74, 6) is 1.24. The van der Waals surface area contributed by atoms with Gasteiger partial charge in [-0.25, -0.2) is 4.79 Å². The fourth-order valence-electron chi connectivity index (χ4n) is 2.85. The molecule has 7 nitrogen and oxygen atoms in total. The zero-order valence-electron chi connectivity index (χ0n) is 13.5. The summed E-state index contributed by atoms with van der Waals surface area (Å²) in [6, 6.07) is 12.5. The minimum atomic E-state index is -0.171. The molecule has 0 spiro atoms. The summed E-state index contributed by atoms with van der Waals surface area (Å²) in [6.07, 6.45) is 0. The fourth-order valence-corrected chi connectivity index (χ4v) is 2.85. The number of nitrogens with one attached hydrogen (secondary N) is 2. The Labute approximate surface area is 144 Å². The second-order valence-corrected chi connectivity index (χ2v) is 5.80. The van der Waals surface area contributed by atoms with Crippen LogP contribution in [-0.2, 0) is 6.54 Å². The number of carbonyl (C=O) groups excluding carboxylic acids is 2. The number of rotatable bonds is 4. The third-order valence-electron chi connectivity index (χ3n) is 4.19. The van der Waals surface area contributed by atoms with E-state index in [2.05, 4.69) is 10.6 Å². The number of anilines is 1. The van der Waals surface area contributed by atoms with Crippen LogP contribution in [0.15, 0.2) is 42.5 Å². The van der Waals surface area contributed by atoms with E-state index in [0.717, 1.165) is 17.0 Å². The number of hydrogen-bond donors (Lipinski definition) is 2. The van der Waals surface area contributed by atoms with E-state index < -0.39 is 0 Å². The van der Waals surface area contributed by atoms with Crippen LogP contribution in [0, 0.1) is 0 Å². The summed E-state index contributed by atoms with van der Waals surface area (Å²) in [4.78, 5) is 25.6. The van der Waals surface area contributed by atoms with E-state index in [1.807, 2.05) is 18.2 Å². The van der Waals surface area contributed by atoms with Crippen molar-refractivity contribution >= 4 is 17.6 Å². The van der Waals surface area contributed by atoms with E-state index in [1.165, 1.54) is 0 Å². The summed E-state index contributed by atoms with van der Waals surface area (Å²) >= 11 is 0. The van der Waals surface area contributed by atoms with Crippen LogP contribution in [-0.4, -0.2) is 31.8 Å². The zero-order chi connectivity index (χ0) is 17.2. The number of nitrogens with zero attached hydrogens (tertiary/aromatic N) is 1. The summed E-state index contributed by atoms with van der Waals surface area (Å²) in [5, 5.41) is 5.63. The zero-order valence-corrected chi connectivity index (χ0v) is 13.5. The van der Waals surface area contributed by atoms with E-state index in [-0.39, 0.29) is 18.7 Å². The van der Waals surface area contributed by atoms with Gasteiger partial charge in [-0.05, 0) is 42.0 Å². The molecule has 128 valence electrons. The number of amides is 3. The molecule has 0 radical (unpaired) electrons. The lowest BCUT2D eigenvalue weighted by Crippen LogP contribution is -2.27. The van der Waals surface area contributed by atoms with Crippen LogP contribution in [0.1, 0.15) is 15.9 Å². The molecule has 2 N–H and O–H groups in total. The summed E-state index contributed by atoms with van der Waals surface area (Å²) in [5.41, 5.74) is 2.26. The smallest absolute Gasteiger partial charge is 0.321 e. The third-order valence-corrected chi connectivity index (χ3v) is 4.19. The maximum absolute atomic E-state index is 12.3. The van der Waals surface area contributed by atoms with Crippen molar-refractivity contribution in [1.29, 1.82) is 0 Å². The molecule has 2 aromatic carbocycles. The molecule has 0 saturated carbocycles. The van der Waals surface area contributed by atoms with Crippen LogP contribution >= 0.6 is 0 Å².